The molecule has 104 valence electrons. The van der Waals surface area contributed by atoms with Crippen LogP contribution in [0.3, 0.4) is 0 Å². The zero-order chi connectivity index (χ0) is 13.9. The Hall–Kier alpha value is -1.86. The first-order chi connectivity index (χ1) is 9.06. The average molecular weight is 267 g/mol. The minimum absolute atomic E-state index is 0.0208. The number of benzene rings is 1. The molecular weight excluding hydrogens is 250 g/mol. The first-order valence-electron chi connectivity index (χ1n) is 6.05. The van der Waals surface area contributed by atoms with Crippen LogP contribution in [0.25, 0.3) is 0 Å². The number of rotatable bonds is 5. The molecule has 1 aromatic rings. The number of nitro benzene ring substituents is 1. The molecule has 1 aromatic carbocycles. The molecule has 1 atom stereocenters. The van der Waals surface area contributed by atoms with Crippen molar-refractivity contribution in [1.82, 2.24) is 0 Å². The quantitative estimate of drug-likeness (QED) is 0.548. The van der Waals surface area contributed by atoms with Crippen LogP contribution >= 0.6 is 0 Å². The molecule has 0 spiro atoms. The Morgan fingerprint density at radius 2 is 2.26 bits per heavy atom. The fourth-order valence-corrected chi connectivity index (χ4v) is 2.08. The van der Waals surface area contributed by atoms with E-state index in [1.165, 1.54) is 0 Å². The molecule has 1 aliphatic rings. The third-order valence-electron chi connectivity index (χ3n) is 3.18. The van der Waals surface area contributed by atoms with E-state index in [4.69, 9.17) is 4.74 Å². The maximum absolute atomic E-state index is 11.1. The summed E-state index contributed by atoms with van der Waals surface area (Å²) in [7, 11) is 1.63. The van der Waals surface area contributed by atoms with Crippen molar-refractivity contribution >= 4 is 17.1 Å². The molecule has 1 heterocycles. The first kappa shape index (κ1) is 13.6. The lowest BCUT2D eigenvalue weighted by molar-refractivity contribution is -0.383. The van der Waals surface area contributed by atoms with Gasteiger partial charge in [0.05, 0.1) is 11.5 Å². The lowest BCUT2D eigenvalue weighted by Gasteiger charge is -2.21. The molecule has 2 rings (SSSR count). The van der Waals surface area contributed by atoms with Gasteiger partial charge in [-0.3, -0.25) is 10.1 Å². The lowest BCUT2D eigenvalue weighted by Crippen LogP contribution is -2.37. The number of nitro groups is 1. The van der Waals surface area contributed by atoms with E-state index in [9.17, 15) is 15.2 Å². The molecule has 0 saturated carbocycles. The summed E-state index contributed by atoms with van der Waals surface area (Å²) in [5.74, 6) is 0. The van der Waals surface area contributed by atoms with Crippen molar-refractivity contribution < 1.29 is 14.8 Å². The van der Waals surface area contributed by atoms with Crippen LogP contribution in [0.1, 0.15) is 6.42 Å². The lowest BCUT2D eigenvalue weighted by atomic mass is 10.0. The minimum Gasteiger partial charge on any atom is -0.386 e. The number of aliphatic hydroxyl groups is 1. The summed E-state index contributed by atoms with van der Waals surface area (Å²) in [6.07, 6.45) is 0.527. The summed E-state index contributed by atoms with van der Waals surface area (Å²) in [5, 5.41) is 27.0. The third-order valence-corrected chi connectivity index (χ3v) is 3.18. The van der Waals surface area contributed by atoms with Gasteiger partial charge in [0.2, 0.25) is 0 Å². The van der Waals surface area contributed by atoms with Crippen LogP contribution < -0.4 is 10.6 Å². The largest absolute Gasteiger partial charge is 0.386 e. The summed E-state index contributed by atoms with van der Waals surface area (Å²) < 4.78 is 5.13. The van der Waals surface area contributed by atoms with E-state index in [0.29, 0.717) is 24.4 Å². The van der Waals surface area contributed by atoms with Gasteiger partial charge in [-0.2, -0.15) is 0 Å². The fraction of sp³-hybridized carbons (Fsp3) is 0.500. The van der Waals surface area contributed by atoms with Gasteiger partial charge in [-0.25, -0.2) is 0 Å². The Kier molecular flexibility index (Phi) is 3.87. The summed E-state index contributed by atoms with van der Waals surface area (Å²) in [6.45, 7) is 0.983. The summed E-state index contributed by atoms with van der Waals surface area (Å²) in [6, 6.07) is 4.98. The van der Waals surface area contributed by atoms with Gasteiger partial charge in [0.25, 0.3) is 0 Å². The van der Waals surface area contributed by atoms with Crippen LogP contribution in [0, 0.1) is 10.1 Å². The van der Waals surface area contributed by atoms with Crippen LogP contribution in [-0.4, -0.2) is 42.4 Å². The van der Waals surface area contributed by atoms with Gasteiger partial charge in [0.1, 0.15) is 17.0 Å². The Balaban J connectivity index is 2.17. The average Bonchev–Trinajstić information content (AvgIpc) is 2.83. The van der Waals surface area contributed by atoms with E-state index in [1.54, 1.807) is 25.2 Å². The van der Waals surface area contributed by atoms with Crippen LogP contribution in [0.5, 0.6) is 0 Å². The van der Waals surface area contributed by atoms with E-state index in [1.807, 2.05) is 0 Å². The molecule has 1 saturated heterocycles. The van der Waals surface area contributed by atoms with Crippen molar-refractivity contribution in [3.05, 3.63) is 28.3 Å². The normalized spacial score (nSPS) is 22.2. The second-order valence-electron chi connectivity index (χ2n) is 4.59. The minimum atomic E-state index is -0.955. The van der Waals surface area contributed by atoms with Gasteiger partial charge < -0.3 is 20.5 Å². The number of nitrogens with zero attached hydrogens (tertiary/aromatic N) is 1. The Bertz CT molecular complexity index is 472. The van der Waals surface area contributed by atoms with Gasteiger partial charge >= 0.3 is 5.69 Å². The molecule has 1 fully saturated rings. The third kappa shape index (κ3) is 2.94. The molecule has 0 aromatic heterocycles. The standard InChI is InChI=1S/C12H17N3O4/c1-13-9-3-2-4-10(11(9)15(17)18)14-7-12(16)5-6-19-8-12/h2-4,13-14,16H,5-8H2,1H3. The topological polar surface area (TPSA) is 96.7 Å². The summed E-state index contributed by atoms with van der Waals surface area (Å²) in [5.41, 5.74) is -0.155. The van der Waals surface area contributed by atoms with E-state index < -0.39 is 10.5 Å². The fourth-order valence-electron chi connectivity index (χ4n) is 2.08. The first-order valence-corrected chi connectivity index (χ1v) is 6.05. The highest BCUT2D eigenvalue weighted by Crippen LogP contribution is 2.33. The molecule has 7 heteroatoms. The molecule has 0 aliphatic carbocycles. The maximum atomic E-state index is 11.1. The zero-order valence-electron chi connectivity index (χ0n) is 10.7. The highest BCUT2D eigenvalue weighted by Gasteiger charge is 2.32. The highest BCUT2D eigenvalue weighted by molar-refractivity contribution is 5.76. The number of ether oxygens (including phenoxy) is 1. The molecule has 7 nitrogen and oxygen atoms in total. The molecule has 0 amide bonds. The predicted octanol–water partition coefficient (Wildman–Crippen LogP) is 1.20. The van der Waals surface area contributed by atoms with Crippen LogP contribution in [0.4, 0.5) is 17.1 Å². The number of hydrogen-bond acceptors (Lipinski definition) is 6. The van der Waals surface area contributed by atoms with Gasteiger partial charge in [-0.15, -0.1) is 0 Å². The maximum Gasteiger partial charge on any atom is 0.315 e. The second kappa shape index (κ2) is 5.41. The van der Waals surface area contributed by atoms with Crippen molar-refractivity contribution in [1.29, 1.82) is 0 Å². The van der Waals surface area contributed by atoms with E-state index in [-0.39, 0.29) is 18.8 Å². The monoisotopic (exact) mass is 267 g/mol. The van der Waals surface area contributed by atoms with Gasteiger partial charge in [0, 0.05) is 26.6 Å². The molecule has 0 bridgehead atoms. The molecule has 1 aliphatic heterocycles. The SMILES string of the molecule is CNc1cccc(NCC2(O)CCOC2)c1[N+](=O)[O-]. The molecule has 3 N–H and O–H groups in total. The van der Waals surface area contributed by atoms with Crippen LogP contribution in [-0.2, 0) is 4.74 Å². The predicted molar refractivity (Wildman–Crippen MR) is 71.5 cm³/mol. The number of nitrogens with one attached hydrogen (secondary N) is 2. The number of anilines is 2. The van der Waals surface area contributed by atoms with Gasteiger partial charge in [-0.1, -0.05) is 6.07 Å². The second-order valence-corrected chi connectivity index (χ2v) is 4.59. The molecule has 1 unspecified atom stereocenters. The Morgan fingerprint density at radius 3 is 2.84 bits per heavy atom. The van der Waals surface area contributed by atoms with Crippen molar-refractivity contribution in [3.63, 3.8) is 0 Å². The van der Waals surface area contributed by atoms with E-state index in [2.05, 4.69) is 10.6 Å². The van der Waals surface area contributed by atoms with E-state index in [0.717, 1.165) is 0 Å². The molecule has 0 radical (unpaired) electrons. The van der Waals surface area contributed by atoms with Gasteiger partial charge in [-0.05, 0) is 12.1 Å². The van der Waals surface area contributed by atoms with Crippen molar-refractivity contribution in [2.24, 2.45) is 0 Å². The summed E-state index contributed by atoms with van der Waals surface area (Å²) >= 11 is 0. The van der Waals surface area contributed by atoms with Crippen molar-refractivity contribution in [3.8, 4) is 0 Å². The van der Waals surface area contributed by atoms with E-state index >= 15 is 0 Å². The highest BCUT2D eigenvalue weighted by atomic mass is 16.6. The van der Waals surface area contributed by atoms with Crippen molar-refractivity contribution in [2.75, 3.05) is 37.4 Å². The Morgan fingerprint density at radius 1 is 1.53 bits per heavy atom. The van der Waals surface area contributed by atoms with Crippen LogP contribution in [0.15, 0.2) is 18.2 Å². The van der Waals surface area contributed by atoms with Gasteiger partial charge in [0.15, 0.2) is 0 Å². The smallest absolute Gasteiger partial charge is 0.315 e. The molecule has 19 heavy (non-hydrogen) atoms. The Labute approximate surface area is 110 Å². The van der Waals surface area contributed by atoms with Crippen LogP contribution in [0.2, 0.25) is 0 Å². The zero-order valence-corrected chi connectivity index (χ0v) is 10.7. The van der Waals surface area contributed by atoms with Crippen molar-refractivity contribution in [2.45, 2.75) is 12.0 Å². The number of para-hydroxylation sites is 1. The molecular formula is C12H17N3O4. The summed E-state index contributed by atoms with van der Waals surface area (Å²) in [4.78, 5) is 10.7. The number of hydrogen-bond donors (Lipinski definition) is 3.